The lowest BCUT2D eigenvalue weighted by molar-refractivity contribution is -0.139. The van der Waals surface area contributed by atoms with E-state index in [-0.39, 0.29) is 11.2 Å². The molecule has 0 saturated heterocycles. The van der Waals surface area contributed by atoms with Gasteiger partial charge >= 0.3 is 5.97 Å². The summed E-state index contributed by atoms with van der Waals surface area (Å²) < 4.78 is 4.65. The van der Waals surface area contributed by atoms with Gasteiger partial charge in [0.1, 0.15) is 5.25 Å². The van der Waals surface area contributed by atoms with E-state index in [0.29, 0.717) is 0 Å². The largest absolute Gasteiger partial charge is 0.468 e. The van der Waals surface area contributed by atoms with E-state index >= 15 is 0 Å². The molecule has 2 nitrogen and oxygen atoms in total. The van der Waals surface area contributed by atoms with Crippen molar-refractivity contribution in [3.05, 3.63) is 29.8 Å². The second-order valence-electron chi connectivity index (χ2n) is 3.10. The lowest BCUT2D eigenvalue weighted by Crippen LogP contribution is -2.14. The lowest BCUT2D eigenvalue weighted by atomic mass is 10.2. The summed E-state index contributed by atoms with van der Waals surface area (Å²) in [6.45, 7) is 7.88. The zero-order valence-corrected chi connectivity index (χ0v) is 11.4. The Kier molecular flexibility index (Phi) is 7.73. The van der Waals surface area contributed by atoms with Crippen LogP contribution in [0.2, 0.25) is 0 Å². The van der Waals surface area contributed by atoms with Crippen LogP contribution >= 0.6 is 11.8 Å². The van der Waals surface area contributed by atoms with Crippen LogP contribution in [-0.2, 0) is 9.53 Å². The minimum absolute atomic E-state index is 0.151. The summed E-state index contributed by atoms with van der Waals surface area (Å²) in [5.41, 5.74) is 1.20. The van der Waals surface area contributed by atoms with Gasteiger partial charge in [0.15, 0.2) is 0 Å². The van der Waals surface area contributed by atoms with Crippen molar-refractivity contribution >= 4 is 17.7 Å². The van der Waals surface area contributed by atoms with E-state index < -0.39 is 0 Å². The van der Waals surface area contributed by atoms with Gasteiger partial charge in [0.25, 0.3) is 0 Å². The maximum Gasteiger partial charge on any atom is 0.318 e. The van der Waals surface area contributed by atoms with Crippen molar-refractivity contribution in [2.75, 3.05) is 7.11 Å². The van der Waals surface area contributed by atoms with Crippen LogP contribution in [0.25, 0.3) is 0 Å². The molecule has 3 heteroatoms. The van der Waals surface area contributed by atoms with Crippen molar-refractivity contribution < 1.29 is 9.53 Å². The van der Waals surface area contributed by atoms with Crippen LogP contribution in [0.5, 0.6) is 0 Å². The first-order valence-corrected chi connectivity index (χ1v) is 6.32. The topological polar surface area (TPSA) is 26.3 Å². The molecule has 0 aliphatic carbocycles. The van der Waals surface area contributed by atoms with Crippen molar-refractivity contribution in [2.24, 2.45) is 0 Å². The van der Waals surface area contributed by atoms with E-state index in [2.05, 4.69) is 10.8 Å². The molecule has 0 saturated carbocycles. The number of methoxy groups -OCH3 is 1. The van der Waals surface area contributed by atoms with E-state index in [1.54, 1.807) is 0 Å². The highest BCUT2D eigenvalue weighted by Gasteiger charge is 2.13. The molecule has 90 valence electrons. The van der Waals surface area contributed by atoms with Crippen molar-refractivity contribution in [3.8, 4) is 0 Å². The van der Waals surface area contributed by atoms with E-state index in [1.807, 2.05) is 45.9 Å². The number of thioether (sulfide) groups is 1. The maximum atomic E-state index is 11.2. The van der Waals surface area contributed by atoms with Gasteiger partial charge in [-0.2, -0.15) is 0 Å². The van der Waals surface area contributed by atoms with Crippen LogP contribution in [0.1, 0.15) is 26.3 Å². The van der Waals surface area contributed by atoms with E-state index in [1.165, 1.54) is 24.4 Å². The quantitative estimate of drug-likeness (QED) is 0.595. The molecule has 16 heavy (non-hydrogen) atoms. The van der Waals surface area contributed by atoms with Crippen molar-refractivity contribution in [3.63, 3.8) is 0 Å². The fraction of sp³-hybridized carbons (Fsp3) is 0.462. The molecular formula is C13H20O2S. The van der Waals surface area contributed by atoms with Crippen LogP contribution < -0.4 is 0 Å². The summed E-state index contributed by atoms with van der Waals surface area (Å²) in [5.74, 6) is -0.184. The molecule has 0 aliphatic rings. The van der Waals surface area contributed by atoms with Gasteiger partial charge in [-0.1, -0.05) is 31.5 Å². The molecule has 0 aromatic heterocycles. The third-order valence-electron chi connectivity index (χ3n) is 1.84. The standard InChI is InChI=1S/C11H14O2S.C2H6/c1-8-5-4-6-10(7-8)14-9(2)11(12)13-3;1-2/h4-7,9H,1-3H3;1-2H3. The normalized spacial score (nSPS) is 11.1. The number of ether oxygens (including phenoxy) is 1. The lowest BCUT2D eigenvalue weighted by Gasteiger charge is -2.08. The predicted octanol–water partition coefficient (Wildman–Crippen LogP) is 3.67. The molecule has 0 bridgehead atoms. The first-order chi connectivity index (χ1) is 7.63. The minimum atomic E-state index is -0.184. The molecule has 1 atom stereocenters. The van der Waals surface area contributed by atoms with Crippen molar-refractivity contribution in [1.29, 1.82) is 0 Å². The molecule has 0 N–H and O–H groups in total. The van der Waals surface area contributed by atoms with Crippen LogP contribution in [0.3, 0.4) is 0 Å². The van der Waals surface area contributed by atoms with Crippen molar-refractivity contribution in [1.82, 2.24) is 0 Å². The number of carbonyl (C=O) groups excluding carboxylic acids is 1. The molecule has 0 spiro atoms. The Labute approximate surface area is 102 Å². The Hall–Kier alpha value is -0.960. The van der Waals surface area contributed by atoms with Gasteiger partial charge in [-0.25, -0.2) is 0 Å². The number of hydrogen-bond donors (Lipinski definition) is 0. The number of hydrogen-bond acceptors (Lipinski definition) is 3. The summed E-state index contributed by atoms with van der Waals surface area (Å²) in [7, 11) is 1.41. The first kappa shape index (κ1) is 15.0. The maximum absolute atomic E-state index is 11.2. The minimum Gasteiger partial charge on any atom is -0.468 e. The van der Waals surface area contributed by atoms with Crippen LogP contribution in [0, 0.1) is 6.92 Å². The number of benzene rings is 1. The predicted molar refractivity (Wildman–Crippen MR) is 69.9 cm³/mol. The zero-order valence-electron chi connectivity index (χ0n) is 10.6. The fourth-order valence-corrected chi connectivity index (χ4v) is 2.12. The monoisotopic (exact) mass is 240 g/mol. The molecule has 1 aromatic carbocycles. The Bertz CT molecular complexity index is 323. The van der Waals surface area contributed by atoms with Crippen LogP contribution in [0.4, 0.5) is 0 Å². The van der Waals surface area contributed by atoms with Gasteiger partial charge in [0.2, 0.25) is 0 Å². The van der Waals surface area contributed by atoms with E-state index in [0.717, 1.165) is 4.90 Å². The molecule has 1 aromatic rings. The summed E-state index contributed by atoms with van der Waals surface area (Å²) >= 11 is 1.52. The summed E-state index contributed by atoms with van der Waals surface area (Å²) in [5, 5.41) is -0.151. The molecule has 0 radical (unpaired) electrons. The third kappa shape index (κ3) is 5.21. The average Bonchev–Trinajstić information content (AvgIpc) is 2.30. The van der Waals surface area contributed by atoms with E-state index in [4.69, 9.17) is 0 Å². The zero-order chi connectivity index (χ0) is 12.6. The molecule has 1 unspecified atom stereocenters. The summed E-state index contributed by atoms with van der Waals surface area (Å²) in [4.78, 5) is 12.3. The van der Waals surface area contributed by atoms with Gasteiger partial charge in [-0.05, 0) is 26.0 Å². The number of aryl methyl sites for hydroxylation is 1. The first-order valence-electron chi connectivity index (χ1n) is 5.44. The smallest absolute Gasteiger partial charge is 0.318 e. The molecule has 0 amide bonds. The second-order valence-corrected chi connectivity index (χ2v) is 4.51. The summed E-state index contributed by atoms with van der Waals surface area (Å²) in [6, 6.07) is 8.08. The third-order valence-corrected chi connectivity index (χ3v) is 2.91. The highest BCUT2D eigenvalue weighted by atomic mass is 32.2. The Morgan fingerprint density at radius 1 is 1.38 bits per heavy atom. The van der Waals surface area contributed by atoms with Crippen LogP contribution in [-0.4, -0.2) is 18.3 Å². The molecule has 0 fully saturated rings. The van der Waals surface area contributed by atoms with Gasteiger partial charge in [-0.15, -0.1) is 11.8 Å². The van der Waals surface area contributed by atoms with Gasteiger partial charge in [0.05, 0.1) is 7.11 Å². The molecule has 1 rings (SSSR count). The highest BCUT2D eigenvalue weighted by molar-refractivity contribution is 8.00. The SMILES string of the molecule is CC.COC(=O)C(C)Sc1cccc(C)c1. The van der Waals surface area contributed by atoms with Gasteiger partial charge in [0, 0.05) is 4.90 Å². The Morgan fingerprint density at radius 3 is 2.50 bits per heavy atom. The fourth-order valence-electron chi connectivity index (χ4n) is 1.11. The number of rotatable bonds is 3. The average molecular weight is 240 g/mol. The Morgan fingerprint density at radius 2 is 2.00 bits per heavy atom. The highest BCUT2D eigenvalue weighted by Crippen LogP contribution is 2.24. The van der Waals surface area contributed by atoms with E-state index in [9.17, 15) is 4.79 Å². The second kappa shape index (κ2) is 8.22. The van der Waals surface area contributed by atoms with Gasteiger partial charge in [-0.3, -0.25) is 4.79 Å². The number of carbonyl (C=O) groups is 1. The number of esters is 1. The summed E-state index contributed by atoms with van der Waals surface area (Å²) in [6.07, 6.45) is 0. The Balaban J connectivity index is 0.00000106. The molecular weight excluding hydrogens is 220 g/mol. The van der Waals surface area contributed by atoms with Crippen LogP contribution in [0.15, 0.2) is 29.2 Å². The van der Waals surface area contributed by atoms with Crippen molar-refractivity contribution in [2.45, 2.75) is 37.8 Å². The molecule has 0 aliphatic heterocycles. The molecule has 0 heterocycles. The van der Waals surface area contributed by atoms with Gasteiger partial charge < -0.3 is 4.74 Å².